The van der Waals surface area contributed by atoms with E-state index in [9.17, 15) is 9.19 Å². The first-order valence-electron chi connectivity index (χ1n) is 6.95. The largest absolute Gasteiger partial charge is 0.432 e. The zero-order chi connectivity index (χ0) is 15.4. The highest BCUT2D eigenvalue weighted by atomic mass is 28.4. The van der Waals surface area contributed by atoms with E-state index in [-0.39, 0.29) is 17.5 Å². The Morgan fingerprint density at radius 3 is 2.25 bits per heavy atom. The molecule has 0 saturated heterocycles. The molecule has 4 heteroatoms. The maximum absolute atomic E-state index is 13.0. The third kappa shape index (κ3) is 4.54. The third-order valence-corrected chi connectivity index (χ3v) is 7.79. The van der Waals surface area contributed by atoms with Crippen molar-refractivity contribution >= 4 is 13.9 Å². The predicted octanol–water partition coefficient (Wildman–Crippen LogP) is 3.96. The molecular weight excluding hydrogens is 271 g/mol. The maximum Gasteiger partial charge on any atom is 0.188 e. The van der Waals surface area contributed by atoms with Crippen molar-refractivity contribution in [2.24, 2.45) is 0 Å². The lowest BCUT2D eigenvalue weighted by atomic mass is 9.96. The normalized spacial score (nSPS) is 13.7. The molecule has 0 saturated carbocycles. The number of rotatable bonds is 6. The van der Waals surface area contributed by atoms with Crippen molar-refractivity contribution in [2.45, 2.75) is 44.8 Å². The Kier molecular flexibility index (Phi) is 5.68. The lowest BCUT2D eigenvalue weighted by Crippen LogP contribution is -2.38. The van der Waals surface area contributed by atoms with Crippen LogP contribution in [0.2, 0.25) is 18.1 Å². The van der Waals surface area contributed by atoms with Gasteiger partial charge in [0.1, 0.15) is 5.82 Å². The summed E-state index contributed by atoms with van der Waals surface area (Å²) in [6, 6.07) is 6.31. The van der Waals surface area contributed by atoms with Crippen molar-refractivity contribution < 1.29 is 14.3 Å². The minimum absolute atomic E-state index is 0.0346. The van der Waals surface area contributed by atoms with Crippen molar-refractivity contribution in [1.29, 1.82) is 0 Å². The number of allylic oxidation sites excluding steroid dienone is 1. The number of hydrogen-bond donors (Lipinski definition) is 2. The molecule has 0 fully saturated rings. The van der Waals surface area contributed by atoms with Gasteiger partial charge in [0.05, 0.1) is 6.61 Å². The molecule has 1 aromatic carbocycles. The Labute approximate surface area is 122 Å². The summed E-state index contributed by atoms with van der Waals surface area (Å²) >= 11 is 0. The molecule has 0 spiro atoms. The van der Waals surface area contributed by atoms with E-state index >= 15 is 0 Å². The van der Waals surface area contributed by atoms with Gasteiger partial charge in [0.15, 0.2) is 8.32 Å². The number of hydrogen-bond acceptors (Lipinski definition) is 2. The lowest BCUT2D eigenvalue weighted by molar-refractivity contribution is 0.343. The predicted molar refractivity (Wildman–Crippen MR) is 84.4 cm³/mol. The zero-order valence-corrected chi connectivity index (χ0v) is 13.8. The van der Waals surface area contributed by atoms with Crippen LogP contribution in [-0.2, 0) is 0 Å². The fourth-order valence-electron chi connectivity index (χ4n) is 1.89. The van der Waals surface area contributed by atoms with Gasteiger partial charge in [0.2, 0.25) is 0 Å². The molecule has 1 rings (SSSR count). The van der Waals surface area contributed by atoms with Gasteiger partial charge in [-0.05, 0) is 54.2 Å². The highest BCUT2D eigenvalue weighted by Gasteiger charge is 2.37. The first-order valence-corrected chi connectivity index (χ1v) is 9.90. The van der Waals surface area contributed by atoms with Gasteiger partial charge in [0, 0.05) is 0 Å². The van der Waals surface area contributed by atoms with E-state index in [1.54, 1.807) is 18.2 Å². The molecule has 0 bridgehead atoms. The molecule has 0 unspecified atom stereocenters. The minimum Gasteiger partial charge on any atom is -0.432 e. The van der Waals surface area contributed by atoms with E-state index < -0.39 is 8.32 Å². The third-order valence-electron chi connectivity index (χ3n) is 4.23. The average Bonchev–Trinajstić information content (AvgIpc) is 2.34. The van der Waals surface area contributed by atoms with Crippen LogP contribution in [0.15, 0.2) is 30.3 Å². The summed E-state index contributed by atoms with van der Waals surface area (Å²) in [6.45, 7) is 8.02. The van der Waals surface area contributed by atoms with Crippen LogP contribution in [0.4, 0.5) is 4.39 Å². The summed E-state index contributed by atoms with van der Waals surface area (Å²) in [4.78, 5) is 10.3. The summed E-state index contributed by atoms with van der Waals surface area (Å²) in [5, 5.41) is 9.04. The van der Waals surface area contributed by atoms with E-state index in [2.05, 4.69) is 13.8 Å². The Morgan fingerprint density at radius 1 is 1.25 bits per heavy atom. The second kappa shape index (κ2) is 6.65. The molecular formula is C16H25FO2Si. The van der Waals surface area contributed by atoms with E-state index in [4.69, 9.17) is 5.11 Å². The van der Waals surface area contributed by atoms with Crippen LogP contribution in [0, 0.1) is 5.82 Å². The van der Waals surface area contributed by atoms with E-state index in [1.165, 1.54) is 12.1 Å². The van der Waals surface area contributed by atoms with Gasteiger partial charge in [-0.1, -0.05) is 32.1 Å². The highest BCUT2D eigenvalue weighted by molar-refractivity contribution is 6.72. The average molecular weight is 296 g/mol. The van der Waals surface area contributed by atoms with Crippen LogP contribution in [-0.4, -0.2) is 24.8 Å². The molecule has 0 aromatic heterocycles. The molecule has 0 aliphatic carbocycles. The molecule has 2 N–H and O–H groups in total. The molecule has 2 nitrogen and oxygen atoms in total. The van der Waals surface area contributed by atoms with Crippen molar-refractivity contribution in [3.05, 3.63) is 41.7 Å². The van der Waals surface area contributed by atoms with Gasteiger partial charge in [-0.3, -0.25) is 0 Å². The molecule has 0 heterocycles. The summed E-state index contributed by atoms with van der Waals surface area (Å²) in [7, 11) is -2.23. The topological polar surface area (TPSA) is 40.5 Å². The first kappa shape index (κ1) is 17.1. The van der Waals surface area contributed by atoms with Gasteiger partial charge >= 0.3 is 0 Å². The van der Waals surface area contributed by atoms with Gasteiger partial charge < -0.3 is 9.90 Å². The lowest BCUT2D eigenvalue weighted by Gasteiger charge is -2.35. The van der Waals surface area contributed by atoms with Crippen LogP contribution in [0.5, 0.6) is 0 Å². The second-order valence-electron chi connectivity index (χ2n) is 6.36. The van der Waals surface area contributed by atoms with Crippen molar-refractivity contribution in [3.8, 4) is 0 Å². The Morgan fingerprint density at radius 2 is 1.80 bits per heavy atom. The van der Waals surface area contributed by atoms with Gasteiger partial charge in [-0.25, -0.2) is 4.39 Å². The Balaban J connectivity index is 2.85. The molecule has 0 amide bonds. The fraction of sp³-hybridized carbons (Fsp3) is 0.500. The molecule has 0 atom stereocenters. The SMILES string of the molecule is CC(C)(CC/C(=C\CO)c1ccc(F)cc1)[Si](C)(C)O. The molecule has 0 aliphatic rings. The molecule has 0 radical (unpaired) electrons. The molecule has 112 valence electrons. The number of benzene rings is 1. The molecule has 1 aromatic rings. The molecule has 20 heavy (non-hydrogen) atoms. The van der Waals surface area contributed by atoms with Crippen molar-refractivity contribution in [3.63, 3.8) is 0 Å². The van der Waals surface area contributed by atoms with Crippen LogP contribution in [0.3, 0.4) is 0 Å². The Bertz CT molecular complexity index is 458. The van der Waals surface area contributed by atoms with Gasteiger partial charge in [0.25, 0.3) is 0 Å². The quantitative estimate of drug-likeness (QED) is 0.780. The van der Waals surface area contributed by atoms with E-state index in [0.717, 1.165) is 24.0 Å². The van der Waals surface area contributed by atoms with Crippen molar-refractivity contribution in [2.75, 3.05) is 6.61 Å². The highest BCUT2D eigenvalue weighted by Crippen LogP contribution is 2.41. The number of halogens is 1. The van der Waals surface area contributed by atoms with E-state index in [1.807, 2.05) is 13.1 Å². The van der Waals surface area contributed by atoms with Crippen LogP contribution < -0.4 is 0 Å². The minimum atomic E-state index is -2.23. The van der Waals surface area contributed by atoms with Crippen LogP contribution >= 0.6 is 0 Å². The smallest absolute Gasteiger partial charge is 0.188 e. The zero-order valence-electron chi connectivity index (χ0n) is 12.8. The maximum atomic E-state index is 13.0. The number of aliphatic hydroxyl groups excluding tert-OH is 1. The van der Waals surface area contributed by atoms with Crippen molar-refractivity contribution in [1.82, 2.24) is 0 Å². The summed E-state index contributed by atoms with van der Waals surface area (Å²) < 4.78 is 13.0. The summed E-state index contributed by atoms with van der Waals surface area (Å²) in [5.41, 5.74) is 1.92. The van der Waals surface area contributed by atoms with Gasteiger partial charge in [-0.2, -0.15) is 0 Å². The number of aliphatic hydroxyl groups is 1. The first-order chi connectivity index (χ1) is 9.17. The Hall–Kier alpha value is -0.973. The standard InChI is InChI=1S/C16H25FO2Si/c1-16(2,20(3,4)19)11-9-14(10-12-18)13-5-7-15(17)8-6-13/h5-8,10,18-19H,9,11-12H2,1-4H3/b14-10+. The summed E-state index contributed by atoms with van der Waals surface area (Å²) in [6.07, 6.45) is 3.36. The van der Waals surface area contributed by atoms with Gasteiger partial charge in [-0.15, -0.1) is 0 Å². The second-order valence-corrected chi connectivity index (χ2v) is 10.8. The fourth-order valence-corrected chi connectivity index (χ4v) is 2.63. The van der Waals surface area contributed by atoms with E-state index in [0.29, 0.717) is 0 Å². The van der Waals surface area contributed by atoms with Crippen LogP contribution in [0.25, 0.3) is 5.57 Å². The monoisotopic (exact) mass is 296 g/mol. The van der Waals surface area contributed by atoms with Crippen LogP contribution in [0.1, 0.15) is 32.3 Å². The molecule has 0 aliphatic heterocycles. The summed E-state index contributed by atoms with van der Waals surface area (Å²) in [5.74, 6) is -0.263.